The molecular formula is C51H86N16O8. The number of guanidine groups is 1. The maximum Gasteiger partial charge on any atom is 0.243 e. The number of carbonyl (C=O) groups excluding carboxylic acids is 8. The number of benzene rings is 1. The first-order chi connectivity index (χ1) is 35.3. The first-order valence-electron chi connectivity index (χ1n) is 25.8. The van der Waals surface area contributed by atoms with Gasteiger partial charge in [0.15, 0.2) is 5.96 Å². The molecular weight excluding hydrogens is 965 g/mol. The van der Waals surface area contributed by atoms with Gasteiger partial charge < -0.3 is 70.5 Å². The van der Waals surface area contributed by atoms with Gasteiger partial charge in [-0.2, -0.15) is 0 Å². The van der Waals surface area contributed by atoms with Crippen LogP contribution in [0.3, 0.4) is 0 Å². The van der Waals surface area contributed by atoms with Gasteiger partial charge in [-0.1, -0.05) is 79.7 Å². The maximum absolute atomic E-state index is 14.4. The molecule has 0 aliphatic rings. The number of H-pyrrole nitrogens is 1. The van der Waals surface area contributed by atoms with Crippen molar-refractivity contribution in [2.24, 2.45) is 51.6 Å². The van der Waals surface area contributed by atoms with Crippen LogP contribution in [0.15, 0.2) is 41.8 Å². The van der Waals surface area contributed by atoms with Crippen LogP contribution in [0, 0.1) is 29.1 Å². The molecule has 0 aliphatic carbocycles. The van der Waals surface area contributed by atoms with Crippen molar-refractivity contribution in [1.29, 1.82) is 5.41 Å². The SMILES string of the molecule is CC(=O)N[C@@H](CC(C)C)C(=O)N[C@@H](CC(C)C)C(=O)N[C@@H](Cc1cnc[nH]1)C(=O)N[C@@H](CC(C)C)C(=O)N[C@@H](CCCN=C(N)N)C(=O)N[C@H](C(=O)N[C@@H](CCCCN)C(=O)NCc1ccc(C(=N)N)cc1)C(C)C. The molecule has 1 aromatic heterocycles. The van der Waals surface area contributed by atoms with Crippen LogP contribution in [-0.2, 0) is 51.3 Å². The van der Waals surface area contributed by atoms with Crippen LogP contribution in [0.5, 0.6) is 0 Å². The van der Waals surface area contributed by atoms with Crippen LogP contribution in [0.1, 0.15) is 131 Å². The summed E-state index contributed by atoms with van der Waals surface area (Å²) in [5.41, 5.74) is 24.2. The molecule has 0 aliphatic heterocycles. The van der Waals surface area contributed by atoms with E-state index in [1.165, 1.54) is 19.4 Å². The van der Waals surface area contributed by atoms with Crippen LogP contribution in [0.4, 0.5) is 0 Å². The van der Waals surface area contributed by atoms with Crippen LogP contribution in [-0.4, -0.2) is 124 Å². The Balaban J connectivity index is 2.43. The van der Waals surface area contributed by atoms with Gasteiger partial charge in [0.1, 0.15) is 48.1 Å². The average Bonchev–Trinajstić information content (AvgIpc) is 3.84. The number of nitrogens with two attached hydrogens (primary N) is 4. The van der Waals surface area contributed by atoms with E-state index in [-0.39, 0.29) is 81.2 Å². The maximum atomic E-state index is 14.4. The van der Waals surface area contributed by atoms with E-state index in [0.29, 0.717) is 37.1 Å². The molecule has 18 N–H and O–H groups in total. The number of imidazole rings is 1. The van der Waals surface area contributed by atoms with Crippen LogP contribution in [0.25, 0.3) is 0 Å². The number of nitrogen functional groups attached to an aromatic ring is 1. The lowest BCUT2D eigenvalue weighted by molar-refractivity contribution is -0.136. The van der Waals surface area contributed by atoms with Crippen molar-refractivity contribution in [3.63, 3.8) is 0 Å². The number of aliphatic imine (C=N–C) groups is 1. The normalized spacial score (nSPS) is 14.1. The first kappa shape index (κ1) is 64.0. The Morgan fingerprint density at radius 2 is 1.07 bits per heavy atom. The summed E-state index contributed by atoms with van der Waals surface area (Å²) in [6.07, 6.45) is 5.00. The predicted molar refractivity (Wildman–Crippen MR) is 287 cm³/mol. The molecule has 0 spiro atoms. The Labute approximate surface area is 441 Å². The monoisotopic (exact) mass is 1050 g/mol. The zero-order valence-corrected chi connectivity index (χ0v) is 45.3. The summed E-state index contributed by atoms with van der Waals surface area (Å²) in [7, 11) is 0. The Morgan fingerprint density at radius 1 is 0.600 bits per heavy atom. The summed E-state index contributed by atoms with van der Waals surface area (Å²) in [6.45, 7) is 16.5. The van der Waals surface area contributed by atoms with Crippen LogP contribution < -0.4 is 65.5 Å². The van der Waals surface area contributed by atoms with Crippen LogP contribution in [0.2, 0.25) is 0 Å². The number of nitrogens with one attached hydrogen (secondary N) is 10. The number of aromatic nitrogens is 2. The second kappa shape index (κ2) is 32.9. The molecule has 418 valence electrons. The number of nitrogens with zero attached hydrogens (tertiary/aromatic N) is 2. The zero-order valence-electron chi connectivity index (χ0n) is 45.3. The number of carbonyl (C=O) groups is 8. The van der Waals surface area contributed by atoms with Gasteiger partial charge >= 0.3 is 0 Å². The second-order valence-corrected chi connectivity index (χ2v) is 20.5. The lowest BCUT2D eigenvalue weighted by Gasteiger charge is -2.29. The highest BCUT2D eigenvalue weighted by molar-refractivity contribution is 5.98. The Bertz CT molecular complexity index is 2200. The number of rotatable bonds is 34. The zero-order chi connectivity index (χ0) is 56.4. The van der Waals surface area contributed by atoms with Gasteiger partial charge in [-0.3, -0.25) is 48.8 Å². The van der Waals surface area contributed by atoms with Crippen molar-refractivity contribution >= 4 is 59.1 Å². The van der Waals surface area contributed by atoms with E-state index < -0.39 is 95.5 Å². The summed E-state index contributed by atoms with van der Waals surface area (Å²) in [5.74, 6) is -5.93. The van der Waals surface area contributed by atoms with E-state index in [0.717, 1.165) is 5.56 Å². The lowest BCUT2D eigenvalue weighted by Crippen LogP contribution is -2.61. The van der Waals surface area contributed by atoms with Crippen LogP contribution >= 0.6 is 0 Å². The second-order valence-electron chi connectivity index (χ2n) is 20.5. The molecule has 0 unspecified atom stereocenters. The Morgan fingerprint density at radius 3 is 1.53 bits per heavy atom. The van der Waals surface area contributed by atoms with E-state index >= 15 is 0 Å². The van der Waals surface area contributed by atoms with E-state index in [2.05, 4.69) is 57.5 Å². The van der Waals surface area contributed by atoms with E-state index in [1.807, 2.05) is 41.5 Å². The highest BCUT2D eigenvalue weighted by Crippen LogP contribution is 2.14. The van der Waals surface area contributed by atoms with Gasteiger partial charge in [0.05, 0.1) is 6.33 Å². The predicted octanol–water partition coefficient (Wildman–Crippen LogP) is -0.0569. The molecule has 0 radical (unpaired) electrons. The third kappa shape index (κ3) is 24.7. The summed E-state index contributed by atoms with van der Waals surface area (Å²) in [4.78, 5) is 121. The highest BCUT2D eigenvalue weighted by atomic mass is 16.2. The standard InChI is InChI=1S/C51H86N16O8/c1-28(2)21-38(61-32(9)68)46(71)64-40(23-30(5)6)48(73)66-41(24-35-26-57-27-60-35)49(74)65-39(22-29(3)4)47(72)62-37(14-12-20-58-51(55)56)45(70)67-42(31(7)8)50(75)63-36(13-10-11-19-52)44(69)59-25-33-15-17-34(18-16-33)43(53)54/h15-18,26-31,36-42H,10-14,19-25,52H2,1-9H3,(H3,53,54)(H,57,60)(H,59,69)(H,61,68)(H,62,72)(H,63,75)(H,64,71)(H,65,74)(H,66,73)(H,67,70)(H4,55,56,58)/t36-,37-,38-,39-,40-,41-,42-/m0/s1. The van der Waals surface area contributed by atoms with Crippen molar-refractivity contribution in [1.82, 2.24) is 52.5 Å². The van der Waals surface area contributed by atoms with Crippen molar-refractivity contribution in [3.8, 4) is 0 Å². The van der Waals surface area contributed by atoms with Gasteiger partial charge in [-0.05, 0) is 87.1 Å². The molecule has 24 nitrogen and oxygen atoms in total. The number of unbranched alkanes of at least 4 members (excludes halogenated alkanes) is 1. The Kier molecular flexibility index (Phi) is 28.1. The summed E-state index contributed by atoms with van der Waals surface area (Å²) in [5, 5.41) is 29.8. The smallest absolute Gasteiger partial charge is 0.243 e. The molecule has 1 heterocycles. The third-order valence-electron chi connectivity index (χ3n) is 11.8. The molecule has 0 saturated carbocycles. The number of amidine groups is 1. The van der Waals surface area contributed by atoms with Crippen molar-refractivity contribution in [3.05, 3.63) is 53.6 Å². The number of hydrogen-bond donors (Lipinski definition) is 14. The van der Waals surface area contributed by atoms with Gasteiger partial charge in [0.2, 0.25) is 47.3 Å². The van der Waals surface area contributed by atoms with Gasteiger partial charge in [-0.15, -0.1) is 0 Å². The minimum Gasteiger partial charge on any atom is -0.384 e. The fourth-order valence-corrected chi connectivity index (χ4v) is 7.97. The van der Waals surface area contributed by atoms with E-state index in [1.54, 1.807) is 38.1 Å². The largest absolute Gasteiger partial charge is 0.384 e. The topological polar surface area (TPSA) is 402 Å². The first-order valence-corrected chi connectivity index (χ1v) is 25.8. The quantitative estimate of drug-likeness (QED) is 0.0249. The molecule has 7 atom stereocenters. The number of hydrogen-bond acceptors (Lipinski definition) is 12. The molecule has 0 fully saturated rings. The van der Waals surface area contributed by atoms with Crippen molar-refractivity contribution in [2.75, 3.05) is 13.1 Å². The summed E-state index contributed by atoms with van der Waals surface area (Å²) in [6, 6.07) is -1.21. The van der Waals surface area contributed by atoms with Gasteiger partial charge in [0.25, 0.3) is 0 Å². The molecule has 24 heteroatoms. The Hall–Kier alpha value is -7.11. The number of aromatic amines is 1. The van der Waals surface area contributed by atoms with Crippen molar-refractivity contribution in [2.45, 2.75) is 169 Å². The molecule has 2 aromatic rings. The lowest BCUT2D eigenvalue weighted by atomic mass is 9.99. The molecule has 2 rings (SSSR count). The molecule has 8 amide bonds. The number of amides is 8. The van der Waals surface area contributed by atoms with Gasteiger partial charge in [0, 0.05) is 43.9 Å². The van der Waals surface area contributed by atoms with Gasteiger partial charge in [-0.25, -0.2) is 4.98 Å². The summed E-state index contributed by atoms with van der Waals surface area (Å²) >= 11 is 0. The fraction of sp³-hybridized carbons (Fsp3) is 0.627. The molecule has 0 bridgehead atoms. The third-order valence-corrected chi connectivity index (χ3v) is 11.8. The van der Waals surface area contributed by atoms with E-state index in [4.69, 9.17) is 28.3 Å². The average molecular weight is 1050 g/mol. The molecule has 75 heavy (non-hydrogen) atoms. The molecule has 1 aromatic carbocycles. The van der Waals surface area contributed by atoms with Crippen molar-refractivity contribution < 1.29 is 38.4 Å². The fourth-order valence-electron chi connectivity index (χ4n) is 7.97. The molecule has 0 saturated heterocycles. The summed E-state index contributed by atoms with van der Waals surface area (Å²) < 4.78 is 0. The minimum atomic E-state index is -1.29. The van der Waals surface area contributed by atoms with E-state index in [9.17, 15) is 38.4 Å². The minimum absolute atomic E-state index is 0.00206. The highest BCUT2D eigenvalue weighted by Gasteiger charge is 2.35.